The second-order valence-corrected chi connectivity index (χ2v) is 5.45. The topological polar surface area (TPSA) is 51.4 Å². The molecular formula is C11H17N3OS2. The monoisotopic (exact) mass is 271 g/mol. The molecule has 1 heterocycles. The van der Waals surface area contributed by atoms with Crippen molar-refractivity contribution in [1.29, 1.82) is 0 Å². The number of nitrogens with zero attached hydrogens (tertiary/aromatic N) is 2. The Morgan fingerprint density at radius 2 is 2.18 bits per heavy atom. The molecule has 0 radical (unpaired) electrons. The third kappa shape index (κ3) is 3.55. The van der Waals surface area contributed by atoms with Gasteiger partial charge in [-0.25, -0.2) is 4.31 Å². The van der Waals surface area contributed by atoms with Gasteiger partial charge in [0.25, 0.3) is 0 Å². The highest BCUT2D eigenvalue weighted by atomic mass is 32.2. The summed E-state index contributed by atoms with van der Waals surface area (Å²) in [6.45, 7) is 4.22. The van der Waals surface area contributed by atoms with E-state index in [9.17, 15) is 0 Å². The van der Waals surface area contributed by atoms with Gasteiger partial charge in [-0.1, -0.05) is 12.2 Å². The minimum atomic E-state index is 0.323. The molecule has 0 aromatic carbocycles. The molecule has 1 rings (SSSR count). The van der Waals surface area contributed by atoms with E-state index >= 15 is 0 Å². The maximum Gasteiger partial charge on any atom is 0.148 e. The van der Waals surface area contributed by atoms with Crippen molar-refractivity contribution in [1.82, 2.24) is 9.29 Å². The number of pyridine rings is 1. The molecule has 0 saturated heterocycles. The summed E-state index contributed by atoms with van der Waals surface area (Å²) in [6, 6.07) is 0.408. The zero-order valence-electron chi connectivity index (χ0n) is 10.4. The first-order valence-corrected chi connectivity index (χ1v) is 6.38. The van der Waals surface area contributed by atoms with E-state index in [1.54, 1.807) is 31.5 Å². The second-order valence-electron chi connectivity index (χ2n) is 3.81. The lowest BCUT2D eigenvalue weighted by molar-refractivity contribution is 0.410. The number of hydrogen-bond acceptors (Lipinski definition) is 5. The molecule has 0 bridgehead atoms. The van der Waals surface area contributed by atoms with Crippen molar-refractivity contribution >= 4 is 29.2 Å². The zero-order valence-corrected chi connectivity index (χ0v) is 12.1. The summed E-state index contributed by atoms with van der Waals surface area (Å²) in [5.74, 6) is 0.611. The van der Waals surface area contributed by atoms with Gasteiger partial charge in [-0.15, -0.1) is 0 Å². The Kier molecular flexibility index (Phi) is 5.17. The highest BCUT2D eigenvalue weighted by Gasteiger charge is 2.15. The fraction of sp³-hybridized carbons (Fsp3) is 0.455. The SMILES string of the molecule is COc1cncc(SN(C)C(C)C)c1C(N)=S. The van der Waals surface area contributed by atoms with Crippen LogP contribution in [0.15, 0.2) is 17.3 Å². The van der Waals surface area contributed by atoms with E-state index in [2.05, 4.69) is 23.1 Å². The molecule has 1 aromatic heterocycles. The third-order valence-corrected chi connectivity index (χ3v) is 3.73. The molecule has 0 aliphatic heterocycles. The Morgan fingerprint density at radius 1 is 1.53 bits per heavy atom. The molecule has 4 nitrogen and oxygen atoms in total. The van der Waals surface area contributed by atoms with E-state index in [4.69, 9.17) is 22.7 Å². The number of thiocarbonyl (C=S) groups is 1. The number of nitrogens with two attached hydrogens (primary N) is 1. The molecule has 0 aliphatic rings. The van der Waals surface area contributed by atoms with Gasteiger partial charge >= 0.3 is 0 Å². The Morgan fingerprint density at radius 3 is 2.65 bits per heavy atom. The van der Waals surface area contributed by atoms with Crippen LogP contribution in [0.3, 0.4) is 0 Å². The first-order chi connectivity index (χ1) is 7.97. The van der Waals surface area contributed by atoms with Gasteiger partial charge in [0.1, 0.15) is 10.7 Å². The van der Waals surface area contributed by atoms with Crippen LogP contribution >= 0.6 is 24.2 Å². The van der Waals surface area contributed by atoms with Gasteiger partial charge in [0.15, 0.2) is 0 Å². The van der Waals surface area contributed by atoms with Gasteiger partial charge in [-0.2, -0.15) is 0 Å². The molecule has 0 atom stereocenters. The highest BCUT2D eigenvalue weighted by molar-refractivity contribution is 7.97. The molecule has 0 unspecified atom stereocenters. The van der Waals surface area contributed by atoms with Crippen molar-refractivity contribution in [2.45, 2.75) is 24.8 Å². The lowest BCUT2D eigenvalue weighted by Crippen LogP contribution is -2.20. The zero-order chi connectivity index (χ0) is 13.0. The van der Waals surface area contributed by atoms with Crippen LogP contribution in [-0.4, -0.2) is 34.5 Å². The van der Waals surface area contributed by atoms with E-state index in [1.165, 1.54) is 0 Å². The van der Waals surface area contributed by atoms with Gasteiger partial charge < -0.3 is 10.5 Å². The molecule has 0 amide bonds. The summed E-state index contributed by atoms with van der Waals surface area (Å²) in [4.78, 5) is 5.36. The largest absolute Gasteiger partial charge is 0.494 e. The maximum absolute atomic E-state index is 5.73. The van der Waals surface area contributed by atoms with Gasteiger partial charge in [0, 0.05) is 12.2 Å². The van der Waals surface area contributed by atoms with E-state index in [-0.39, 0.29) is 0 Å². The first-order valence-electron chi connectivity index (χ1n) is 5.20. The summed E-state index contributed by atoms with van der Waals surface area (Å²) in [5, 5.41) is 0. The van der Waals surface area contributed by atoms with Gasteiger partial charge in [0.05, 0.1) is 23.8 Å². The Bertz CT molecular complexity index is 410. The predicted molar refractivity (Wildman–Crippen MR) is 75.4 cm³/mol. The molecule has 94 valence electrons. The molecular weight excluding hydrogens is 254 g/mol. The van der Waals surface area contributed by atoms with E-state index < -0.39 is 0 Å². The number of aromatic nitrogens is 1. The molecule has 0 saturated carbocycles. The Hall–Kier alpha value is -0.850. The van der Waals surface area contributed by atoms with Gasteiger partial charge in [-0.3, -0.25) is 4.98 Å². The fourth-order valence-corrected chi connectivity index (χ4v) is 2.36. The summed E-state index contributed by atoms with van der Waals surface area (Å²) in [6.07, 6.45) is 3.37. The number of ether oxygens (including phenoxy) is 1. The fourth-order valence-electron chi connectivity index (χ4n) is 1.15. The van der Waals surface area contributed by atoms with Gasteiger partial charge in [-0.05, 0) is 32.8 Å². The van der Waals surface area contributed by atoms with E-state index in [0.717, 1.165) is 10.5 Å². The first kappa shape index (κ1) is 14.2. The van der Waals surface area contributed by atoms with Crippen LogP contribution in [0.1, 0.15) is 19.4 Å². The third-order valence-electron chi connectivity index (χ3n) is 2.31. The molecule has 2 N–H and O–H groups in total. The van der Waals surface area contributed by atoms with Crippen molar-refractivity contribution in [3.05, 3.63) is 18.0 Å². The summed E-state index contributed by atoms with van der Waals surface area (Å²) >= 11 is 6.62. The molecule has 0 fully saturated rings. The minimum absolute atomic E-state index is 0.323. The standard InChI is InChI=1S/C11H17N3OS2/c1-7(2)14(3)17-9-6-13-5-8(15-4)10(9)11(12)16/h5-7H,1-4H3,(H2,12,16). The van der Waals surface area contributed by atoms with Crippen LogP contribution < -0.4 is 10.5 Å². The highest BCUT2D eigenvalue weighted by Crippen LogP contribution is 2.31. The molecule has 1 aromatic rings. The van der Waals surface area contributed by atoms with Crippen molar-refractivity contribution in [3.63, 3.8) is 0 Å². The van der Waals surface area contributed by atoms with Crippen LogP contribution in [0.25, 0.3) is 0 Å². The summed E-state index contributed by atoms with van der Waals surface area (Å²) in [5.41, 5.74) is 6.48. The smallest absolute Gasteiger partial charge is 0.148 e. The summed E-state index contributed by atoms with van der Waals surface area (Å²) < 4.78 is 7.34. The lowest BCUT2D eigenvalue weighted by Gasteiger charge is -2.21. The average Bonchev–Trinajstić information content (AvgIpc) is 2.27. The number of hydrogen-bond donors (Lipinski definition) is 1. The Labute approximate surface area is 112 Å². The second kappa shape index (κ2) is 6.18. The molecule has 17 heavy (non-hydrogen) atoms. The van der Waals surface area contributed by atoms with Gasteiger partial charge in [0.2, 0.25) is 0 Å². The van der Waals surface area contributed by atoms with Crippen LogP contribution in [0.5, 0.6) is 5.75 Å². The van der Waals surface area contributed by atoms with E-state index in [0.29, 0.717) is 16.8 Å². The summed E-state index contributed by atoms with van der Waals surface area (Å²) in [7, 11) is 3.59. The normalized spacial score (nSPS) is 10.9. The minimum Gasteiger partial charge on any atom is -0.494 e. The molecule has 0 spiro atoms. The lowest BCUT2D eigenvalue weighted by atomic mass is 10.2. The van der Waals surface area contributed by atoms with Crippen LogP contribution in [-0.2, 0) is 0 Å². The van der Waals surface area contributed by atoms with Crippen molar-refractivity contribution in [2.24, 2.45) is 5.73 Å². The van der Waals surface area contributed by atoms with E-state index in [1.807, 2.05) is 7.05 Å². The number of rotatable bonds is 5. The van der Waals surface area contributed by atoms with Crippen LogP contribution in [0.2, 0.25) is 0 Å². The number of methoxy groups -OCH3 is 1. The predicted octanol–water partition coefficient (Wildman–Crippen LogP) is 2.07. The quantitative estimate of drug-likeness (QED) is 0.653. The van der Waals surface area contributed by atoms with Crippen LogP contribution in [0.4, 0.5) is 0 Å². The van der Waals surface area contributed by atoms with Crippen LogP contribution in [0, 0.1) is 0 Å². The van der Waals surface area contributed by atoms with Crippen molar-refractivity contribution < 1.29 is 4.74 Å². The Balaban J connectivity index is 3.10. The average molecular weight is 271 g/mol. The van der Waals surface area contributed by atoms with Crippen molar-refractivity contribution in [3.8, 4) is 5.75 Å². The molecule has 6 heteroatoms. The molecule has 0 aliphatic carbocycles. The maximum atomic E-state index is 5.73. The van der Waals surface area contributed by atoms with Crippen molar-refractivity contribution in [2.75, 3.05) is 14.2 Å².